The number of nitrogens with zero attached hydrogens (tertiary/aromatic N) is 1. The number of carboxylic acid groups (broad SMARTS) is 1. The fourth-order valence-corrected chi connectivity index (χ4v) is 2.24. The van der Waals surface area contributed by atoms with E-state index < -0.39 is 16.9 Å². The molecular weight excluding hydrogens is 366 g/mol. The topological polar surface area (TPSA) is 116 Å². The summed E-state index contributed by atoms with van der Waals surface area (Å²) in [6.45, 7) is 0.204. The Morgan fingerprint density at radius 3 is 2.57 bits per heavy atom. The Bertz CT molecular complexity index is 862. The van der Waals surface area contributed by atoms with E-state index in [2.05, 4.69) is 0 Å². The van der Waals surface area contributed by atoms with Gasteiger partial charge in [-0.3, -0.25) is 14.9 Å². The first-order chi connectivity index (χ1) is 13.5. The second-order valence-corrected chi connectivity index (χ2v) is 5.75. The molecule has 0 aromatic heterocycles. The summed E-state index contributed by atoms with van der Waals surface area (Å²) in [5, 5.41) is 19.6. The van der Waals surface area contributed by atoms with Crippen molar-refractivity contribution in [1.29, 1.82) is 0 Å². The van der Waals surface area contributed by atoms with E-state index in [-0.39, 0.29) is 37.5 Å². The van der Waals surface area contributed by atoms with Crippen molar-refractivity contribution in [1.82, 2.24) is 0 Å². The number of carboxylic acids is 1. The number of hydrogen-bond donors (Lipinski definition) is 1. The molecule has 0 aliphatic heterocycles. The van der Waals surface area contributed by atoms with Gasteiger partial charge in [-0.25, -0.2) is 4.79 Å². The minimum atomic E-state index is -0.955. The van der Waals surface area contributed by atoms with Gasteiger partial charge in [0.1, 0.15) is 12.4 Å². The molecule has 0 fully saturated rings. The van der Waals surface area contributed by atoms with E-state index in [1.54, 1.807) is 0 Å². The highest BCUT2D eigenvalue weighted by molar-refractivity contribution is 5.87. The van der Waals surface area contributed by atoms with Crippen molar-refractivity contribution < 1.29 is 29.1 Å². The highest BCUT2D eigenvalue weighted by Gasteiger charge is 2.11. The molecule has 2 aromatic rings. The van der Waals surface area contributed by atoms with Crippen molar-refractivity contribution in [3.05, 3.63) is 75.8 Å². The van der Waals surface area contributed by atoms with Crippen LogP contribution in [0.3, 0.4) is 0 Å². The number of esters is 1. The Hall–Kier alpha value is -3.68. The van der Waals surface area contributed by atoms with E-state index in [1.165, 1.54) is 30.4 Å². The van der Waals surface area contributed by atoms with Crippen molar-refractivity contribution >= 4 is 23.7 Å². The first-order valence-electron chi connectivity index (χ1n) is 8.47. The maximum absolute atomic E-state index is 11.9. The maximum Gasteiger partial charge on any atom is 0.331 e. The molecule has 0 bridgehead atoms. The molecule has 0 aliphatic rings. The van der Waals surface area contributed by atoms with E-state index in [0.29, 0.717) is 5.56 Å². The van der Waals surface area contributed by atoms with Gasteiger partial charge in [0.2, 0.25) is 0 Å². The van der Waals surface area contributed by atoms with Crippen molar-refractivity contribution in [3.8, 4) is 5.75 Å². The number of non-ortho nitro benzene ring substituents is 1. The standard InChI is InChI=1S/C20H19NO7/c22-19(23)7-4-12-27-18-13-17(21(25)26)10-8-16(18)9-11-20(24)28-14-15-5-2-1-3-6-15/h1-3,5-6,8-11,13H,4,7,12,14H2,(H,22,23)/b11-9+. The van der Waals surface area contributed by atoms with E-state index >= 15 is 0 Å². The first kappa shape index (κ1) is 20.6. The predicted molar refractivity (Wildman–Crippen MR) is 101 cm³/mol. The van der Waals surface area contributed by atoms with Crippen LogP contribution in [0.5, 0.6) is 5.75 Å². The Balaban J connectivity index is 2.02. The predicted octanol–water partition coefficient (Wildman–Crippen LogP) is 3.60. The number of nitro benzene ring substituents is 1. The summed E-state index contributed by atoms with van der Waals surface area (Å²) in [6.07, 6.45) is 2.81. The molecule has 28 heavy (non-hydrogen) atoms. The molecule has 0 unspecified atom stereocenters. The number of hydrogen-bond acceptors (Lipinski definition) is 6. The number of carbonyl (C=O) groups excluding carboxylic acids is 1. The fourth-order valence-electron chi connectivity index (χ4n) is 2.24. The highest BCUT2D eigenvalue weighted by Crippen LogP contribution is 2.26. The SMILES string of the molecule is O=C(O)CCCOc1cc([N+](=O)[O-])ccc1/C=C/C(=O)OCc1ccccc1. The summed E-state index contributed by atoms with van der Waals surface area (Å²) in [4.78, 5) is 32.8. The van der Waals surface area contributed by atoms with Gasteiger partial charge < -0.3 is 14.6 Å². The molecule has 2 rings (SSSR count). The van der Waals surface area contributed by atoms with Gasteiger partial charge in [0.25, 0.3) is 5.69 Å². The Morgan fingerprint density at radius 2 is 1.89 bits per heavy atom. The number of ether oxygens (including phenoxy) is 2. The molecule has 0 atom stereocenters. The average Bonchev–Trinajstić information content (AvgIpc) is 2.69. The molecule has 0 spiro atoms. The van der Waals surface area contributed by atoms with E-state index in [0.717, 1.165) is 5.56 Å². The van der Waals surface area contributed by atoms with Gasteiger partial charge in [-0.05, 0) is 24.1 Å². The molecule has 0 saturated heterocycles. The van der Waals surface area contributed by atoms with Gasteiger partial charge in [0.15, 0.2) is 0 Å². The lowest BCUT2D eigenvalue weighted by Gasteiger charge is -2.09. The van der Waals surface area contributed by atoms with Crippen LogP contribution >= 0.6 is 0 Å². The fraction of sp³-hybridized carbons (Fsp3) is 0.200. The molecule has 8 nitrogen and oxygen atoms in total. The largest absolute Gasteiger partial charge is 0.493 e. The minimum Gasteiger partial charge on any atom is -0.493 e. The zero-order chi connectivity index (χ0) is 20.4. The van der Waals surface area contributed by atoms with Crippen molar-refractivity contribution in [2.45, 2.75) is 19.4 Å². The third-order valence-electron chi connectivity index (χ3n) is 3.62. The van der Waals surface area contributed by atoms with Crippen LogP contribution < -0.4 is 4.74 Å². The van der Waals surface area contributed by atoms with Crippen LogP contribution in [-0.2, 0) is 20.9 Å². The van der Waals surface area contributed by atoms with Crippen LogP contribution in [0.1, 0.15) is 24.0 Å². The second-order valence-electron chi connectivity index (χ2n) is 5.75. The number of carbonyl (C=O) groups is 2. The van der Waals surface area contributed by atoms with Crippen LogP contribution in [-0.4, -0.2) is 28.6 Å². The number of aliphatic carboxylic acids is 1. The lowest BCUT2D eigenvalue weighted by Crippen LogP contribution is -2.04. The van der Waals surface area contributed by atoms with Crippen LogP contribution in [0.4, 0.5) is 5.69 Å². The van der Waals surface area contributed by atoms with Crippen molar-refractivity contribution in [3.63, 3.8) is 0 Å². The Kier molecular flexibility index (Phi) is 7.71. The molecule has 0 aliphatic carbocycles. The zero-order valence-electron chi connectivity index (χ0n) is 14.9. The molecule has 1 N–H and O–H groups in total. The molecule has 8 heteroatoms. The van der Waals surface area contributed by atoms with Crippen LogP contribution in [0.15, 0.2) is 54.6 Å². The first-order valence-corrected chi connectivity index (χ1v) is 8.47. The van der Waals surface area contributed by atoms with Gasteiger partial charge in [-0.1, -0.05) is 30.3 Å². The summed E-state index contributed by atoms with van der Waals surface area (Å²) in [5.74, 6) is -1.34. The number of rotatable bonds is 10. The lowest BCUT2D eigenvalue weighted by molar-refractivity contribution is -0.384. The zero-order valence-corrected chi connectivity index (χ0v) is 14.9. The number of nitro groups is 1. The monoisotopic (exact) mass is 385 g/mol. The molecule has 0 saturated carbocycles. The maximum atomic E-state index is 11.9. The Labute approximate surface area is 161 Å². The summed E-state index contributed by atoms with van der Waals surface area (Å²) >= 11 is 0. The van der Waals surface area contributed by atoms with E-state index in [1.807, 2.05) is 30.3 Å². The van der Waals surface area contributed by atoms with E-state index in [4.69, 9.17) is 14.6 Å². The molecular formula is C20H19NO7. The summed E-state index contributed by atoms with van der Waals surface area (Å²) in [7, 11) is 0. The van der Waals surface area contributed by atoms with Gasteiger partial charge >= 0.3 is 11.9 Å². The van der Waals surface area contributed by atoms with Crippen LogP contribution in [0, 0.1) is 10.1 Å². The second kappa shape index (κ2) is 10.5. The third kappa shape index (κ3) is 6.91. The third-order valence-corrected chi connectivity index (χ3v) is 3.62. The summed E-state index contributed by atoms with van der Waals surface area (Å²) in [6, 6.07) is 13.2. The summed E-state index contributed by atoms with van der Waals surface area (Å²) in [5.41, 5.74) is 1.12. The molecule has 0 heterocycles. The van der Waals surface area contributed by atoms with Gasteiger partial charge in [0.05, 0.1) is 17.6 Å². The molecule has 2 aromatic carbocycles. The van der Waals surface area contributed by atoms with Crippen molar-refractivity contribution in [2.75, 3.05) is 6.61 Å². The van der Waals surface area contributed by atoms with Gasteiger partial charge in [0, 0.05) is 24.1 Å². The van der Waals surface area contributed by atoms with Gasteiger partial charge in [-0.2, -0.15) is 0 Å². The number of benzene rings is 2. The molecule has 0 radical (unpaired) electrons. The van der Waals surface area contributed by atoms with Gasteiger partial charge in [-0.15, -0.1) is 0 Å². The van der Waals surface area contributed by atoms with E-state index in [9.17, 15) is 19.7 Å². The minimum absolute atomic E-state index is 0.0762. The van der Waals surface area contributed by atoms with Crippen LogP contribution in [0.25, 0.3) is 6.08 Å². The Morgan fingerprint density at radius 1 is 1.14 bits per heavy atom. The quantitative estimate of drug-likeness (QED) is 0.218. The smallest absolute Gasteiger partial charge is 0.331 e. The average molecular weight is 385 g/mol. The highest BCUT2D eigenvalue weighted by atomic mass is 16.6. The molecule has 0 amide bonds. The normalized spacial score (nSPS) is 10.6. The summed E-state index contributed by atoms with van der Waals surface area (Å²) < 4.78 is 10.6. The lowest BCUT2D eigenvalue weighted by atomic mass is 10.1. The van der Waals surface area contributed by atoms with Crippen molar-refractivity contribution in [2.24, 2.45) is 0 Å². The molecule has 146 valence electrons. The van der Waals surface area contributed by atoms with Crippen LogP contribution in [0.2, 0.25) is 0 Å².